The Kier molecular flexibility index (Phi) is 1.84. The molecule has 0 radical (unpaired) electrons. The molecule has 0 N–H and O–H groups in total. The third-order valence-electron chi connectivity index (χ3n) is 3.20. The van der Waals surface area contributed by atoms with Gasteiger partial charge in [-0.05, 0) is 42.5 Å². The lowest BCUT2D eigenvalue weighted by atomic mass is 9.87. The maximum Gasteiger partial charge on any atom is 0.0736 e. The van der Waals surface area contributed by atoms with Gasteiger partial charge in [0, 0.05) is 11.8 Å². The van der Waals surface area contributed by atoms with Crippen LogP contribution < -0.4 is 0 Å². The van der Waals surface area contributed by atoms with Crippen molar-refractivity contribution in [1.29, 1.82) is 0 Å². The first-order valence-electron chi connectivity index (χ1n) is 5.39. The fourth-order valence-corrected chi connectivity index (χ4v) is 2.40. The van der Waals surface area contributed by atoms with Gasteiger partial charge < -0.3 is 0 Å². The van der Waals surface area contributed by atoms with Crippen molar-refractivity contribution >= 4 is 0 Å². The van der Waals surface area contributed by atoms with Crippen LogP contribution in [0.15, 0.2) is 36.5 Å². The first kappa shape index (κ1) is 8.66. The number of benzene rings is 1. The van der Waals surface area contributed by atoms with Crippen LogP contribution in [0.25, 0.3) is 11.3 Å². The van der Waals surface area contributed by atoms with Gasteiger partial charge in [0.05, 0.1) is 5.69 Å². The van der Waals surface area contributed by atoms with E-state index in [4.69, 9.17) is 0 Å². The van der Waals surface area contributed by atoms with E-state index in [2.05, 4.69) is 36.2 Å². The third kappa shape index (κ3) is 1.27. The Hall–Kier alpha value is -1.63. The van der Waals surface area contributed by atoms with Crippen molar-refractivity contribution in [3.63, 3.8) is 0 Å². The highest BCUT2D eigenvalue weighted by molar-refractivity contribution is 5.70. The Morgan fingerprint density at radius 3 is 2.93 bits per heavy atom. The van der Waals surface area contributed by atoms with Crippen LogP contribution in [0.1, 0.15) is 16.7 Å². The lowest BCUT2D eigenvalue weighted by molar-refractivity contribution is 0.917. The van der Waals surface area contributed by atoms with Gasteiger partial charge in [-0.2, -0.15) is 0 Å². The quantitative estimate of drug-likeness (QED) is 0.629. The molecule has 0 saturated heterocycles. The minimum Gasteiger partial charge on any atom is -0.256 e. The highest BCUT2D eigenvalue weighted by atomic mass is 14.7. The molecule has 0 bridgehead atoms. The fourth-order valence-electron chi connectivity index (χ4n) is 2.40. The standard InChI is InChI=1S/C14H13N/c1-10-4-2-6-13-12(10)8-7-11-5-3-9-15-14(11)13/h2-6,9H,7-8H2,1H3. The summed E-state index contributed by atoms with van der Waals surface area (Å²) in [6.07, 6.45) is 4.16. The summed E-state index contributed by atoms with van der Waals surface area (Å²) in [5.74, 6) is 0. The Labute approximate surface area is 89.8 Å². The summed E-state index contributed by atoms with van der Waals surface area (Å²) in [7, 11) is 0. The normalized spacial score (nSPS) is 13.1. The van der Waals surface area contributed by atoms with Crippen molar-refractivity contribution in [3.05, 3.63) is 53.2 Å². The SMILES string of the molecule is Cc1cccc2c1CCc1cccnc1-2. The van der Waals surface area contributed by atoms with Gasteiger partial charge in [-0.15, -0.1) is 0 Å². The smallest absolute Gasteiger partial charge is 0.0736 e. The second-order valence-corrected chi connectivity index (χ2v) is 4.11. The van der Waals surface area contributed by atoms with Crippen LogP contribution in [0.2, 0.25) is 0 Å². The number of pyridine rings is 1. The molecule has 2 aromatic rings. The molecule has 0 amide bonds. The van der Waals surface area contributed by atoms with E-state index in [0.717, 1.165) is 12.8 Å². The number of nitrogens with zero attached hydrogens (tertiary/aromatic N) is 1. The van der Waals surface area contributed by atoms with E-state index >= 15 is 0 Å². The molecule has 1 aliphatic rings. The Morgan fingerprint density at radius 1 is 1.07 bits per heavy atom. The van der Waals surface area contributed by atoms with Gasteiger partial charge in [-0.25, -0.2) is 0 Å². The molecule has 0 aliphatic heterocycles. The Morgan fingerprint density at radius 2 is 2.00 bits per heavy atom. The number of rotatable bonds is 0. The molecule has 1 nitrogen and oxygen atoms in total. The van der Waals surface area contributed by atoms with Gasteiger partial charge >= 0.3 is 0 Å². The van der Waals surface area contributed by atoms with E-state index in [0.29, 0.717) is 0 Å². The molecule has 74 valence electrons. The second kappa shape index (κ2) is 3.20. The van der Waals surface area contributed by atoms with Gasteiger partial charge in [0.2, 0.25) is 0 Å². The molecule has 1 aliphatic carbocycles. The average Bonchev–Trinajstić information content (AvgIpc) is 2.29. The molecule has 3 rings (SSSR count). The largest absolute Gasteiger partial charge is 0.256 e. The zero-order valence-electron chi connectivity index (χ0n) is 8.83. The maximum atomic E-state index is 4.50. The van der Waals surface area contributed by atoms with Crippen LogP contribution in [0.4, 0.5) is 0 Å². The van der Waals surface area contributed by atoms with E-state index in [-0.39, 0.29) is 0 Å². The summed E-state index contributed by atoms with van der Waals surface area (Å²) in [6, 6.07) is 10.7. The van der Waals surface area contributed by atoms with Crippen molar-refractivity contribution in [1.82, 2.24) is 4.98 Å². The number of fused-ring (bicyclic) bond motifs is 3. The van der Waals surface area contributed by atoms with Crippen molar-refractivity contribution in [2.24, 2.45) is 0 Å². The highest BCUT2D eigenvalue weighted by Crippen LogP contribution is 2.32. The van der Waals surface area contributed by atoms with E-state index in [9.17, 15) is 0 Å². The van der Waals surface area contributed by atoms with Crippen LogP contribution in [-0.2, 0) is 12.8 Å². The second-order valence-electron chi connectivity index (χ2n) is 4.11. The van der Waals surface area contributed by atoms with E-state index in [1.54, 1.807) is 0 Å². The summed E-state index contributed by atoms with van der Waals surface area (Å²) >= 11 is 0. The first-order chi connectivity index (χ1) is 7.36. The molecule has 0 spiro atoms. The highest BCUT2D eigenvalue weighted by Gasteiger charge is 2.17. The first-order valence-corrected chi connectivity index (χ1v) is 5.39. The topological polar surface area (TPSA) is 12.9 Å². The van der Waals surface area contributed by atoms with E-state index < -0.39 is 0 Å². The fraction of sp³-hybridized carbons (Fsp3) is 0.214. The summed E-state index contributed by atoms with van der Waals surface area (Å²) in [6.45, 7) is 2.19. The number of aryl methyl sites for hydroxylation is 2. The summed E-state index contributed by atoms with van der Waals surface area (Å²) < 4.78 is 0. The van der Waals surface area contributed by atoms with Gasteiger partial charge in [0.15, 0.2) is 0 Å². The van der Waals surface area contributed by atoms with Crippen molar-refractivity contribution < 1.29 is 0 Å². The summed E-state index contributed by atoms with van der Waals surface area (Å²) in [4.78, 5) is 4.50. The molecule has 1 aromatic carbocycles. The van der Waals surface area contributed by atoms with Crippen LogP contribution in [-0.4, -0.2) is 4.98 Å². The molecule has 15 heavy (non-hydrogen) atoms. The van der Waals surface area contributed by atoms with Gasteiger partial charge in [0.25, 0.3) is 0 Å². The predicted octanol–water partition coefficient (Wildman–Crippen LogP) is 3.16. The summed E-state index contributed by atoms with van der Waals surface area (Å²) in [5.41, 5.74) is 6.77. The van der Waals surface area contributed by atoms with E-state index in [1.807, 2.05) is 12.3 Å². The molecule has 0 atom stereocenters. The molecule has 0 fully saturated rings. The molecule has 1 heteroatoms. The minimum atomic E-state index is 1.13. The summed E-state index contributed by atoms with van der Waals surface area (Å²) in [5, 5.41) is 0. The number of hydrogen-bond acceptors (Lipinski definition) is 1. The maximum absolute atomic E-state index is 4.50. The Bertz CT molecular complexity index is 514. The Balaban J connectivity index is 2.30. The van der Waals surface area contributed by atoms with Gasteiger partial charge in [0.1, 0.15) is 0 Å². The zero-order chi connectivity index (χ0) is 10.3. The van der Waals surface area contributed by atoms with Crippen LogP contribution in [0, 0.1) is 6.92 Å². The van der Waals surface area contributed by atoms with Crippen LogP contribution in [0.5, 0.6) is 0 Å². The molecular formula is C14H13N. The third-order valence-corrected chi connectivity index (χ3v) is 3.20. The van der Waals surface area contributed by atoms with Crippen LogP contribution >= 0.6 is 0 Å². The van der Waals surface area contributed by atoms with Crippen molar-refractivity contribution in [2.45, 2.75) is 19.8 Å². The monoisotopic (exact) mass is 195 g/mol. The van der Waals surface area contributed by atoms with Crippen molar-refractivity contribution in [3.8, 4) is 11.3 Å². The average molecular weight is 195 g/mol. The molecule has 0 saturated carbocycles. The van der Waals surface area contributed by atoms with Crippen LogP contribution in [0.3, 0.4) is 0 Å². The predicted molar refractivity (Wildman–Crippen MR) is 61.8 cm³/mol. The van der Waals surface area contributed by atoms with Gasteiger partial charge in [-0.3, -0.25) is 4.98 Å². The number of hydrogen-bond donors (Lipinski definition) is 0. The lowest BCUT2D eigenvalue weighted by Gasteiger charge is -2.20. The molecule has 1 heterocycles. The molecule has 0 unspecified atom stereocenters. The zero-order valence-corrected chi connectivity index (χ0v) is 8.83. The van der Waals surface area contributed by atoms with Gasteiger partial charge in [-0.1, -0.05) is 24.3 Å². The van der Waals surface area contributed by atoms with Crippen molar-refractivity contribution in [2.75, 3.05) is 0 Å². The van der Waals surface area contributed by atoms with E-state index in [1.165, 1.54) is 27.9 Å². The molecular weight excluding hydrogens is 182 g/mol. The minimum absolute atomic E-state index is 1.13. The molecule has 1 aromatic heterocycles. The lowest BCUT2D eigenvalue weighted by Crippen LogP contribution is -2.06. The number of aromatic nitrogens is 1.